The summed E-state index contributed by atoms with van der Waals surface area (Å²) in [6.07, 6.45) is 6.28. The van der Waals surface area contributed by atoms with Gasteiger partial charge in [-0.25, -0.2) is 0 Å². The molecule has 0 saturated carbocycles. The summed E-state index contributed by atoms with van der Waals surface area (Å²) in [5.41, 5.74) is 0. The van der Waals surface area contributed by atoms with Crippen molar-refractivity contribution >= 4 is 0 Å². The molecule has 0 N–H and O–H groups in total. The second-order valence-electron chi connectivity index (χ2n) is 6.51. The third-order valence-corrected chi connectivity index (χ3v) is 3.90. The van der Waals surface area contributed by atoms with Crippen LogP contribution in [0.5, 0.6) is 0 Å². The zero-order valence-electron chi connectivity index (χ0n) is 34.5. The van der Waals surface area contributed by atoms with Crippen LogP contribution in [0.4, 0.5) is 0 Å². The second-order valence-corrected chi connectivity index (χ2v) is 6.51. The van der Waals surface area contributed by atoms with Gasteiger partial charge in [0.1, 0.15) is 0 Å². The molecule has 2 aliphatic heterocycles. The van der Waals surface area contributed by atoms with Crippen molar-refractivity contribution in [3.05, 3.63) is 6.42 Å². The fourth-order valence-electron chi connectivity index (χ4n) is 2.53. The standard InChI is InChI=1S/C8H17N.C7H15NO.C3H7.33Y/c1-8(2)9-6-4-3-5-7-9;1-7(2)8-3-5-9-6-4-8;1-3-2;;;;;;;;;;;;;;;;;;;;;;;;;;;;;;;;;/h8H,3-7H2,1-2H3;7H,3-6H2,1-2H3;3H,1-2H3;;;;;;;;;;;;;;;;;;;;;;;;;;;;;;;;;/q;;-1;;;;;;;;;;;;;;;;;;;;;;;;;;;;;;;;;. The van der Waals surface area contributed by atoms with Crippen molar-refractivity contribution in [3.63, 3.8) is 0 Å². The van der Waals surface area contributed by atoms with E-state index in [-0.39, 0.29) is 1080 Å². The number of nitrogens with zero attached hydrogens (tertiary/aromatic N) is 2. The molecule has 227 valence electrons. The fourth-order valence-corrected chi connectivity index (χ4v) is 2.53. The molecule has 36 heteroatoms. The first-order chi connectivity index (χ1) is 10.0. The third kappa shape index (κ3) is 185. The van der Waals surface area contributed by atoms with Gasteiger partial charge in [0.25, 0.3) is 0 Å². The number of hydrogen-bond acceptors (Lipinski definition) is 3. The number of rotatable bonds is 2. The van der Waals surface area contributed by atoms with Crippen molar-refractivity contribution in [3.8, 4) is 0 Å². The van der Waals surface area contributed by atoms with E-state index < -0.39 is 0 Å². The van der Waals surface area contributed by atoms with E-state index in [1.165, 1.54) is 32.4 Å². The van der Waals surface area contributed by atoms with Crippen LogP contribution >= 0.6 is 0 Å². The quantitative estimate of drug-likeness (QED) is 0.393. The average Bonchev–Trinajstić information content (AvgIpc) is 2.50. The Morgan fingerprint density at radius 2 is 0.444 bits per heavy atom. The number of piperidine rings is 1. The van der Waals surface area contributed by atoms with Crippen molar-refractivity contribution in [2.75, 3.05) is 39.4 Å². The van der Waals surface area contributed by atoms with E-state index in [2.05, 4.69) is 37.5 Å². The summed E-state index contributed by atoms with van der Waals surface area (Å²) >= 11 is 0. The van der Waals surface area contributed by atoms with Gasteiger partial charge in [-0.05, 0) is 53.6 Å². The topological polar surface area (TPSA) is 15.7 Å². The molecule has 0 unspecified atom stereocenters. The Morgan fingerprint density at radius 1 is 0.296 bits per heavy atom. The van der Waals surface area contributed by atoms with Crippen LogP contribution in [-0.4, -0.2) is 61.3 Å². The Labute approximate surface area is 1170 Å². The minimum Gasteiger partial charge on any atom is -0.379 e. The van der Waals surface area contributed by atoms with E-state index in [0.717, 1.165) is 32.3 Å². The SMILES string of the molecule is CC(C)N1CCCCC1.CC(C)N1CCOCC1.C[CH-]C.[Y].[Y].[Y].[Y].[Y].[Y].[Y].[Y].[Y].[Y].[Y].[Y].[Y].[Y].[Y].[Y].[Y].[Y].[Y].[Y].[Y].[Y].[Y].[Y].[Y].[Y].[Y].[Y].[Y].[Y].[Y].[Y].[Y]. The van der Waals surface area contributed by atoms with E-state index in [1.807, 2.05) is 20.3 Å². The van der Waals surface area contributed by atoms with Gasteiger partial charge in [0, 0.05) is 1100 Å². The molecular weight excluding hydrogens is 3190 g/mol. The number of morpholine rings is 1. The first kappa shape index (κ1) is 227. The first-order valence-electron chi connectivity index (χ1n) is 8.82. The molecule has 0 spiro atoms. The van der Waals surface area contributed by atoms with E-state index in [0.29, 0.717) is 6.04 Å². The van der Waals surface area contributed by atoms with Crippen LogP contribution in [0, 0.1) is 6.42 Å². The summed E-state index contributed by atoms with van der Waals surface area (Å²) in [6, 6.07) is 1.46. The van der Waals surface area contributed by atoms with Crippen LogP contribution in [-0.2, 0) is 1080 Å². The molecule has 2 aliphatic rings. The summed E-state index contributed by atoms with van der Waals surface area (Å²) in [7, 11) is 0. The second kappa shape index (κ2) is 198. The summed E-state index contributed by atoms with van der Waals surface area (Å²) < 4.78 is 5.21. The Morgan fingerprint density at radius 3 is 0.556 bits per heavy atom. The van der Waals surface area contributed by atoms with E-state index in [9.17, 15) is 0 Å². The molecule has 2 heterocycles. The molecule has 0 aromatic rings. The zero-order valence-corrected chi connectivity index (χ0v) is 128. The molecule has 0 amide bonds. The molecule has 54 heavy (non-hydrogen) atoms. The van der Waals surface area contributed by atoms with Crippen molar-refractivity contribution in [1.82, 2.24) is 9.80 Å². The van der Waals surface area contributed by atoms with Crippen molar-refractivity contribution < 1.29 is 1080 Å². The van der Waals surface area contributed by atoms with Crippen LogP contribution in [0.15, 0.2) is 0 Å². The van der Waals surface area contributed by atoms with Gasteiger partial charge in [-0.1, -0.05) is 6.42 Å². The molecule has 2 fully saturated rings. The van der Waals surface area contributed by atoms with Crippen LogP contribution in [0.1, 0.15) is 60.8 Å². The van der Waals surface area contributed by atoms with E-state index >= 15 is 0 Å². The third-order valence-electron chi connectivity index (χ3n) is 3.90. The van der Waals surface area contributed by atoms with Gasteiger partial charge in [-0.2, -0.15) is 13.8 Å². The van der Waals surface area contributed by atoms with E-state index in [4.69, 9.17) is 4.74 Å². The van der Waals surface area contributed by atoms with Gasteiger partial charge in [-0.15, -0.1) is 0 Å². The molecule has 0 aliphatic carbocycles. The maximum Gasteiger partial charge on any atom is 0.0594 e. The minimum atomic E-state index is 0. The Bertz CT molecular complexity index is 237. The predicted molar refractivity (Wildman–Crippen MR) is 93.7 cm³/mol. The zero-order chi connectivity index (χ0) is 16.1. The monoisotopic (exact) mass is 3230 g/mol. The predicted octanol–water partition coefficient (Wildman–Crippen LogP) is 3.76. The Kier molecular flexibility index (Phi) is 833. The Balaban J connectivity index is -0.00000000275. The summed E-state index contributed by atoms with van der Waals surface area (Å²) in [4.78, 5) is 4.99. The average molecular weight is 3230 g/mol. The summed E-state index contributed by atoms with van der Waals surface area (Å²) in [5.74, 6) is 0. The number of ether oxygens (including phenoxy) is 1. The molecular formula is C18H39N2OY33-. The van der Waals surface area contributed by atoms with Gasteiger partial charge >= 0.3 is 0 Å². The van der Waals surface area contributed by atoms with Crippen molar-refractivity contribution in [2.24, 2.45) is 0 Å². The maximum atomic E-state index is 5.21. The number of hydrogen-bond donors (Lipinski definition) is 0. The molecule has 3 nitrogen and oxygen atoms in total. The molecule has 0 aromatic carbocycles. The van der Waals surface area contributed by atoms with Gasteiger partial charge in [0.2, 0.25) is 0 Å². The van der Waals surface area contributed by atoms with Crippen LogP contribution < -0.4 is 0 Å². The molecule has 2 saturated heterocycles. The van der Waals surface area contributed by atoms with E-state index in [1.54, 1.807) is 0 Å². The molecule has 0 atom stereocenters. The number of likely N-dealkylation sites (tertiary alicyclic amines) is 1. The maximum absolute atomic E-state index is 5.21. The smallest absolute Gasteiger partial charge is 0.0594 e. The Hall–Kier alpha value is 36.3. The molecule has 0 bridgehead atoms. The van der Waals surface area contributed by atoms with Gasteiger partial charge < -0.3 is 16.1 Å². The summed E-state index contributed by atoms with van der Waals surface area (Å²) in [5, 5.41) is 0. The van der Waals surface area contributed by atoms with Crippen molar-refractivity contribution in [1.29, 1.82) is 0 Å². The first-order valence-corrected chi connectivity index (χ1v) is 8.82. The van der Waals surface area contributed by atoms with Crippen molar-refractivity contribution in [2.45, 2.75) is 72.9 Å². The van der Waals surface area contributed by atoms with Crippen LogP contribution in [0.25, 0.3) is 0 Å². The molecule has 0 aromatic heterocycles. The molecule has 33 radical (unpaired) electrons. The van der Waals surface area contributed by atoms with Gasteiger partial charge in [0.05, 0.1) is 13.2 Å². The van der Waals surface area contributed by atoms with Crippen LogP contribution in [0.3, 0.4) is 0 Å². The fraction of sp³-hybridized carbons (Fsp3) is 0.944. The normalized spacial score (nSPS) is 8.00. The molecule has 2 rings (SSSR count). The summed E-state index contributed by atoms with van der Waals surface area (Å²) in [6.45, 7) is 19.7. The van der Waals surface area contributed by atoms with Crippen LogP contribution in [0.2, 0.25) is 0 Å². The van der Waals surface area contributed by atoms with Gasteiger partial charge in [0.15, 0.2) is 0 Å². The largest absolute Gasteiger partial charge is 0.379 e. The van der Waals surface area contributed by atoms with Gasteiger partial charge in [-0.3, -0.25) is 4.90 Å². The minimum absolute atomic E-state index is 0.